The Bertz CT molecular complexity index is 346. The van der Waals surface area contributed by atoms with Gasteiger partial charge >= 0.3 is 18.2 Å². The van der Waals surface area contributed by atoms with Crippen molar-refractivity contribution in [2.45, 2.75) is 31.5 Å². The number of carboxylic acids is 1. The van der Waals surface area contributed by atoms with E-state index in [1.54, 1.807) is 0 Å². The molecule has 0 aliphatic carbocycles. The highest BCUT2D eigenvalue weighted by Crippen LogP contribution is 2.17. The van der Waals surface area contributed by atoms with Crippen molar-refractivity contribution in [3.8, 4) is 0 Å². The van der Waals surface area contributed by atoms with E-state index in [9.17, 15) is 27.6 Å². The summed E-state index contributed by atoms with van der Waals surface area (Å²) in [6.45, 7) is -0.669. The molecule has 0 saturated carbocycles. The fourth-order valence-corrected chi connectivity index (χ4v) is 1.07. The van der Waals surface area contributed by atoms with Crippen molar-refractivity contribution in [1.29, 1.82) is 0 Å². The van der Waals surface area contributed by atoms with Gasteiger partial charge in [-0.2, -0.15) is 13.2 Å². The summed E-state index contributed by atoms with van der Waals surface area (Å²) >= 11 is 0. The fraction of sp³-hybridized carbons (Fsp3) is 0.667. The number of hydrogen-bond acceptors (Lipinski definition) is 3. The molecule has 0 aromatic heterocycles. The monoisotopic (exact) mass is 285 g/mol. The van der Waals surface area contributed by atoms with Crippen molar-refractivity contribution in [3.05, 3.63) is 0 Å². The lowest BCUT2D eigenvalue weighted by atomic mass is 10.1. The van der Waals surface area contributed by atoms with Gasteiger partial charge in [0.25, 0.3) is 0 Å². The van der Waals surface area contributed by atoms with Crippen molar-refractivity contribution in [1.82, 2.24) is 10.6 Å². The molecule has 0 saturated heterocycles. The quantitative estimate of drug-likeness (QED) is 0.524. The molecular formula is C9H14F3N3O4. The molecule has 0 aliphatic rings. The highest BCUT2D eigenvalue weighted by atomic mass is 19.4. The zero-order valence-electron chi connectivity index (χ0n) is 9.79. The maximum atomic E-state index is 11.8. The summed E-state index contributed by atoms with van der Waals surface area (Å²) in [4.78, 5) is 32.3. The summed E-state index contributed by atoms with van der Waals surface area (Å²) in [5, 5.41) is 12.5. The van der Waals surface area contributed by atoms with E-state index in [0.717, 1.165) is 0 Å². The summed E-state index contributed by atoms with van der Waals surface area (Å²) < 4.78 is 35.4. The number of carbonyl (C=O) groups is 3. The first-order valence-corrected chi connectivity index (χ1v) is 5.24. The van der Waals surface area contributed by atoms with Crippen LogP contribution in [0.1, 0.15) is 19.3 Å². The number of urea groups is 1. The second-order valence-electron chi connectivity index (χ2n) is 3.66. The summed E-state index contributed by atoms with van der Waals surface area (Å²) in [7, 11) is 0. The van der Waals surface area contributed by atoms with Crippen LogP contribution in [0.3, 0.4) is 0 Å². The van der Waals surface area contributed by atoms with Gasteiger partial charge in [0.15, 0.2) is 0 Å². The van der Waals surface area contributed by atoms with Crippen LogP contribution in [0.25, 0.3) is 0 Å². The molecule has 1 unspecified atom stereocenters. The van der Waals surface area contributed by atoms with E-state index >= 15 is 0 Å². The van der Waals surface area contributed by atoms with E-state index in [-0.39, 0.29) is 12.8 Å². The number of amides is 3. The number of nitrogens with two attached hydrogens (primary N) is 1. The second kappa shape index (κ2) is 7.44. The van der Waals surface area contributed by atoms with Crippen LogP contribution in [-0.2, 0) is 9.59 Å². The Balaban J connectivity index is 4.10. The minimum absolute atomic E-state index is 0.239. The molecule has 0 aromatic rings. The summed E-state index contributed by atoms with van der Waals surface area (Å²) in [5.74, 6) is -2.15. The van der Waals surface area contributed by atoms with Gasteiger partial charge in [-0.1, -0.05) is 0 Å². The Morgan fingerprint density at radius 1 is 1.26 bits per heavy atom. The first-order valence-electron chi connectivity index (χ1n) is 5.24. The van der Waals surface area contributed by atoms with Gasteiger partial charge in [-0.3, -0.25) is 4.79 Å². The van der Waals surface area contributed by atoms with Crippen LogP contribution >= 0.6 is 0 Å². The van der Waals surface area contributed by atoms with E-state index < -0.39 is 43.1 Å². The highest BCUT2D eigenvalue weighted by Gasteiger charge is 2.27. The van der Waals surface area contributed by atoms with Gasteiger partial charge in [0.1, 0.15) is 6.04 Å². The van der Waals surface area contributed by atoms with E-state index in [1.807, 2.05) is 10.6 Å². The Morgan fingerprint density at radius 3 is 2.26 bits per heavy atom. The van der Waals surface area contributed by atoms with Gasteiger partial charge in [0.2, 0.25) is 5.91 Å². The molecule has 7 nitrogen and oxygen atoms in total. The largest absolute Gasteiger partial charge is 0.480 e. The van der Waals surface area contributed by atoms with Crippen molar-refractivity contribution >= 4 is 17.9 Å². The highest BCUT2D eigenvalue weighted by molar-refractivity contribution is 5.83. The number of hydrogen-bond donors (Lipinski definition) is 4. The van der Waals surface area contributed by atoms with Gasteiger partial charge in [-0.25, -0.2) is 9.59 Å². The van der Waals surface area contributed by atoms with Crippen LogP contribution in [-0.4, -0.2) is 41.8 Å². The topological polar surface area (TPSA) is 122 Å². The molecule has 5 N–H and O–H groups in total. The number of alkyl halides is 3. The third kappa shape index (κ3) is 9.68. The molecule has 0 heterocycles. The third-order valence-corrected chi connectivity index (χ3v) is 1.98. The van der Waals surface area contributed by atoms with Crippen LogP contribution in [0, 0.1) is 0 Å². The molecule has 110 valence electrons. The maximum absolute atomic E-state index is 11.8. The molecule has 19 heavy (non-hydrogen) atoms. The molecule has 0 aliphatic heterocycles. The van der Waals surface area contributed by atoms with Crippen LogP contribution in [0.4, 0.5) is 18.0 Å². The molecule has 0 rings (SSSR count). The second-order valence-corrected chi connectivity index (χ2v) is 3.66. The Morgan fingerprint density at radius 2 is 1.84 bits per heavy atom. The third-order valence-electron chi connectivity index (χ3n) is 1.98. The summed E-state index contributed by atoms with van der Waals surface area (Å²) in [6, 6.07) is -2.44. The molecule has 0 aromatic carbocycles. The average molecular weight is 285 g/mol. The molecule has 0 spiro atoms. The standard InChI is InChI=1S/C9H14F3N3O4/c10-9(11,12)3-4-14-8(19)15-5(7(17)18)1-2-6(13)16/h5H,1-4H2,(H2,13,16)(H,17,18)(H2,14,15,19). The van der Waals surface area contributed by atoms with Crippen molar-refractivity contribution in [2.24, 2.45) is 5.73 Å². The predicted octanol–water partition coefficient (Wildman–Crippen LogP) is -0.0433. The van der Waals surface area contributed by atoms with Gasteiger partial charge in [-0.05, 0) is 6.42 Å². The molecule has 0 fully saturated rings. The number of halogens is 3. The van der Waals surface area contributed by atoms with Crippen LogP contribution < -0.4 is 16.4 Å². The zero-order valence-corrected chi connectivity index (χ0v) is 9.79. The van der Waals surface area contributed by atoms with Crippen molar-refractivity contribution in [3.63, 3.8) is 0 Å². The van der Waals surface area contributed by atoms with Gasteiger partial charge < -0.3 is 21.5 Å². The predicted molar refractivity (Wildman–Crippen MR) is 57.1 cm³/mol. The fourth-order valence-electron chi connectivity index (χ4n) is 1.07. The smallest absolute Gasteiger partial charge is 0.390 e. The molecular weight excluding hydrogens is 271 g/mol. The first kappa shape index (κ1) is 17.0. The number of primary amides is 1. The molecule has 0 bridgehead atoms. The Hall–Kier alpha value is -2.00. The summed E-state index contributed by atoms with van der Waals surface area (Å²) in [6.07, 6.45) is -6.14. The Kier molecular flexibility index (Phi) is 6.66. The normalized spacial score (nSPS) is 12.6. The van der Waals surface area contributed by atoms with Crippen LogP contribution in [0.5, 0.6) is 0 Å². The van der Waals surface area contributed by atoms with E-state index in [1.165, 1.54) is 0 Å². The summed E-state index contributed by atoms with van der Waals surface area (Å²) in [5.41, 5.74) is 4.81. The van der Waals surface area contributed by atoms with E-state index in [4.69, 9.17) is 10.8 Å². The molecule has 0 radical (unpaired) electrons. The van der Waals surface area contributed by atoms with E-state index in [2.05, 4.69) is 0 Å². The minimum atomic E-state index is -4.41. The number of carbonyl (C=O) groups excluding carboxylic acids is 2. The zero-order chi connectivity index (χ0) is 15.1. The first-order chi connectivity index (χ1) is 8.61. The average Bonchev–Trinajstić information content (AvgIpc) is 2.21. The van der Waals surface area contributed by atoms with Crippen LogP contribution in [0.2, 0.25) is 0 Å². The molecule has 3 amide bonds. The van der Waals surface area contributed by atoms with Gasteiger partial charge in [0.05, 0.1) is 6.42 Å². The van der Waals surface area contributed by atoms with Crippen molar-refractivity contribution < 1.29 is 32.7 Å². The van der Waals surface area contributed by atoms with E-state index in [0.29, 0.717) is 0 Å². The molecule has 10 heteroatoms. The minimum Gasteiger partial charge on any atom is -0.480 e. The lowest BCUT2D eigenvalue weighted by molar-refractivity contribution is -0.139. The van der Waals surface area contributed by atoms with Crippen LogP contribution in [0.15, 0.2) is 0 Å². The number of nitrogens with one attached hydrogen (secondary N) is 2. The lowest BCUT2D eigenvalue weighted by Gasteiger charge is -2.14. The number of carboxylic acid groups (broad SMARTS) is 1. The maximum Gasteiger partial charge on any atom is 0.390 e. The van der Waals surface area contributed by atoms with Gasteiger partial charge in [-0.15, -0.1) is 0 Å². The molecule has 1 atom stereocenters. The number of aliphatic carboxylic acids is 1. The van der Waals surface area contributed by atoms with Gasteiger partial charge in [0, 0.05) is 13.0 Å². The van der Waals surface area contributed by atoms with Crippen molar-refractivity contribution in [2.75, 3.05) is 6.54 Å². The lowest BCUT2D eigenvalue weighted by Crippen LogP contribution is -2.46. The number of rotatable bonds is 7. The SMILES string of the molecule is NC(=O)CCC(NC(=O)NCCC(F)(F)F)C(=O)O. The Labute approximate surface area is 106 Å².